The molecule has 2 saturated heterocycles. The number of nitro benzene ring substituents is 1. The second kappa shape index (κ2) is 5.24. The molecule has 2 aliphatic heterocycles. The summed E-state index contributed by atoms with van der Waals surface area (Å²) in [6.07, 6.45) is 2.82. The van der Waals surface area contributed by atoms with Gasteiger partial charge in [0, 0.05) is 36.7 Å². The van der Waals surface area contributed by atoms with Crippen molar-refractivity contribution >= 4 is 11.6 Å². The zero-order valence-corrected chi connectivity index (χ0v) is 12.3. The van der Waals surface area contributed by atoms with Crippen LogP contribution in [-0.2, 0) is 0 Å². The Bertz CT molecular complexity index is 787. The van der Waals surface area contributed by atoms with Gasteiger partial charge in [0.15, 0.2) is 0 Å². The van der Waals surface area contributed by atoms with E-state index in [-0.39, 0.29) is 11.3 Å². The van der Waals surface area contributed by atoms with Gasteiger partial charge in [0.1, 0.15) is 0 Å². The van der Waals surface area contributed by atoms with Gasteiger partial charge in [-0.1, -0.05) is 11.3 Å². The fourth-order valence-electron chi connectivity index (χ4n) is 3.55. The minimum Gasteiger partial charge on any atom is -0.302 e. The lowest BCUT2D eigenvalue weighted by molar-refractivity contribution is -0.384. The van der Waals surface area contributed by atoms with Crippen molar-refractivity contribution in [3.8, 4) is 0 Å². The Morgan fingerprint density at radius 1 is 1.35 bits per heavy atom. The lowest BCUT2D eigenvalue weighted by Gasteiger charge is -2.19. The Hall–Kier alpha value is -2.61. The van der Waals surface area contributed by atoms with Crippen LogP contribution < -0.4 is 0 Å². The molecule has 0 amide bonds. The molecule has 3 unspecified atom stereocenters. The molecule has 3 atom stereocenters. The van der Waals surface area contributed by atoms with Crippen LogP contribution in [0.4, 0.5) is 5.69 Å². The average Bonchev–Trinajstić information content (AvgIpc) is 3.30. The maximum atomic E-state index is 12.4. The third-order valence-corrected chi connectivity index (χ3v) is 4.74. The van der Waals surface area contributed by atoms with Crippen LogP contribution in [-0.4, -0.2) is 50.4 Å². The minimum atomic E-state index is -0.521. The molecule has 2 fully saturated rings. The number of benzene rings is 1. The largest absolute Gasteiger partial charge is 0.302 e. The molecule has 8 nitrogen and oxygen atoms in total. The number of rotatable bonds is 3. The molecule has 3 heterocycles. The van der Waals surface area contributed by atoms with Crippen LogP contribution in [0.3, 0.4) is 0 Å². The third-order valence-electron chi connectivity index (χ3n) is 4.74. The first-order chi connectivity index (χ1) is 11.1. The van der Waals surface area contributed by atoms with Gasteiger partial charge in [0.2, 0.25) is 0 Å². The van der Waals surface area contributed by atoms with Gasteiger partial charge in [-0.2, -0.15) is 4.68 Å². The lowest BCUT2D eigenvalue weighted by Crippen LogP contribution is -2.22. The van der Waals surface area contributed by atoms with Crippen LogP contribution in [0.25, 0.3) is 0 Å². The summed E-state index contributed by atoms with van der Waals surface area (Å²) in [6.45, 7) is 3.20. The zero-order chi connectivity index (χ0) is 16.0. The van der Waals surface area contributed by atoms with Crippen molar-refractivity contribution in [2.24, 2.45) is 5.92 Å². The van der Waals surface area contributed by atoms with Gasteiger partial charge in [-0.15, -0.1) is 5.10 Å². The smallest absolute Gasteiger partial charge is 0.279 e. The molecule has 2 bridgehead atoms. The lowest BCUT2D eigenvalue weighted by atomic mass is 9.90. The van der Waals surface area contributed by atoms with Crippen LogP contribution in [0, 0.1) is 16.0 Å². The number of nitrogens with zero attached hydrogens (tertiary/aromatic N) is 5. The fraction of sp³-hybridized carbons (Fsp3) is 0.400. The molecule has 8 heteroatoms. The molecule has 0 spiro atoms. The molecular weight excluding hydrogens is 298 g/mol. The van der Waals surface area contributed by atoms with E-state index < -0.39 is 10.8 Å². The Kier molecular flexibility index (Phi) is 3.19. The highest BCUT2D eigenvalue weighted by molar-refractivity contribution is 5.95. The Morgan fingerprint density at radius 3 is 2.91 bits per heavy atom. The minimum absolute atomic E-state index is 0.114. The molecule has 0 N–H and O–H groups in total. The van der Waals surface area contributed by atoms with Crippen molar-refractivity contribution in [3.63, 3.8) is 0 Å². The first-order valence-corrected chi connectivity index (χ1v) is 7.55. The topological polar surface area (TPSA) is 94.2 Å². The van der Waals surface area contributed by atoms with Gasteiger partial charge in [-0.25, -0.2) is 0 Å². The van der Waals surface area contributed by atoms with Crippen molar-refractivity contribution in [1.29, 1.82) is 0 Å². The van der Waals surface area contributed by atoms with E-state index in [9.17, 15) is 14.9 Å². The SMILES string of the molecule is O=C(c1cccc([N+](=O)[O-])c1)n1cc(C2CN3CCC2C3)nn1. The molecule has 118 valence electrons. The summed E-state index contributed by atoms with van der Waals surface area (Å²) in [4.78, 5) is 25.1. The highest BCUT2D eigenvalue weighted by Crippen LogP contribution is 2.38. The van der Waals surface area contributed by atoms with Gasteiger partial charge in [-0.3, -0.25) is 14.9 Å². The number of hydrogen-bond acceptors (Lipinski definition) is 6. The Morgan fingerprint density at radius 2 is 2.22 bits per heavy atom. The summed E-state index contributed by atoms with van der Waals surface area (Å²) < 4.78 is 1.18. The van der Waals surface area contributed by atoms with Crippen molar-refractivity contribution in [2.45, 2.75) is 12.3 Å². The Balaban J connectivity index is 1.58. The van der Waals surface area contributed by atoms with Crippen LogP contribution in [0.2, 0.25) is 0 Å². The fourth-order valence-corrected chi connectivity index (χ4v) is 3.55. The first kappa shape index (κ1) is 14.0. The Labute approximate surface area is 131 Å². The quantitative estimate of drug-likeness (QED) is 0.626. The second-order valence-corrected chi connectivity index (χ2v) is 6.12. The summed E-state index contributed by atoms with van der Waals surface area (Å²) in [5.74, 6) is 0.513. The van der Waals surface area contributed by atoms with Crippen molar-refractivity contribution in [2.75, 3.05) is 19.6 Å². The predicted molar refractivity (Wildman–Crippen MR) is 80.1 cm³/mol. The number of carbonyl (C=O) groups excluding carboxylic acids is 1. The van der Waals surface area contributed by atoms with E-state index in [1.165, 1.54) is 22.9 Å². The average molecular weight is 313 g/mol. The van der Waals surface area contributed by atoms with E-state index in [0.29, 0.717) is 11.8 Å². The van der Waals surface area contributed by atoms with E-state index >= 15 is 0 Å². The number of fused-ring (bicyclic) bond motifs is 2. The number of hydrogen-bond donors (Lipinski definition) is 0. The first-order valence-electron chi connectivity index (χ1n) is 7.55. The molecule has 2 aromatic rings. The number of nitro groups is 1. The van der Waals surface area contributed by atoms with Gasteiger partial charge >= 0.3 is 0 Å². The van der Waals surface area contributed by atoms with Crippen molar-refractivity contribution in [1.82, 2.24) is 19.9 Å². The monoisotopic (exact) mass is 313 g/mol. The predicted octanol–water partition coefficient (Wildman–Crippen LogP) is 1.29. The number of non-ortho nitro benzene ring substituents is 1. The summed E-state index contributed by atoms with van der Waals surface area (Å²) in [7, 11) is 0. The summed E-state index contributed by atoms with van der Waals surface area (Å²) in [6, 6.07) is 5.65. The number of aromatic nitrogens is 3. The molecule has 4 rings (SSSR count). The van der Waals surface area contributed by atoms with Gasteiger partial charge in [0.05, 0.1) is 16.8 Å². The van der Waals surface area contributed by atoms with Crippen LogP contribution in [0.15, 0.2) is 30.5 Å². The maximum Gasteiger partial charge on any atom is 0.279 e. The molecule has 1 aromatic carbocycles. The van der Waals surface area contributed by atoms with Crippen molar-refractivity contribution in [3.05, 3.63) is 51.8 Å². The standard InChI is InChI=1S/C15H15N5O3/c21-15(10-2-1-3-12(6-10)20(22)23)19-9-14(16-17-19)13-8-18-5-4-11(13)7-18/h1-3,6,9,11,13H,4-5,7-8H2. The van der Waals surface area contributed by atoms with Gasteiger partial charge in [0.25, 0.3) is 11.6 Å². The van der Waals surface area contributed by atoms with Crippen molar-refractivity contribution < 1.29 is 9.72 Å². The van der Waals surface area contributed by atoms with E-state index in [0.717, 1.165) is 31.7 Å². The van der Waals surface area contributed by atoms with E-state index in [1.54, 1.807) is 12.3 Å². The highest BCUT2D eigenvalue weighted by Gasteiger charge is 2.40. The maximum absolute atomic E-state index is 12.4. The van der Waals surface area contributed by atoms with Gasteiger partial charge in [-0.05, 0) is 24.9 Å². The van der Waals surface area contributed by atoms with E-state index in [1.807, 2.05) is 0 Å². The molecule has 0 aliphatic carbocycles. The summed E-state index contributed by atoms with van der Waals surface area (Å²) >= 11 is 0. The van der Waals surface area contributed by atoms with Crippen LogP contribution >= 0.6 is 0 Å². The zero-order valence-electron chi connectivity index (χ0n) is 12.3. The highest BCUT2D eigenvalue weighted by atomic mass is 16.6. The summed E-state index contributed by atoms with van der Waals surface area (Å²) in [5.41, 5.74) is 0.945. The molecule has 2 aliphatic rings. The van der Waals surface area contributed by atoms with E-state index in [4.69, 9.17) is 0 Å². The van der Waals surface area contributed by atoms with Gasteiger partial charge < -0.3 is 4.90 Å². The van der Waals surface area contributed by atoms with E-state index in [2.05, 4.69) is 15.2 Å². The molecule has 0 saturated carbocycles. The molecule has 23 heavy (non-hydrogen) atoms. The number of piperidine rings is 1. The third kappa shape index (κ3) is 2.40. The number of carbonyl (C=O) groups is 1. The normalized spacial score (nSPS) is 25.7. The molecule has 1 aromatic heterocycles. The second-order valence-electron chi connectivity index (χ2n) is 6.12. The van der Waals surface area contributed by atoms with Crippen LogP contribution in [0.5, 0.6) is 0 Å². The summed E-state index contributed by atoms with van der Waals surface area (Å²) in [5, 5.41) is 18.9. The molecule has 0 radical (unpaired) electrons. The van der Waals surface area contributed by atoms with Crippen LogP contribution in [0.1, 0.15) is 28.4 Å². The molecular formula is C15H15N5O3.